The number of nitriles is 1. The summed E-state index contributed by atoms with van der Waals surface area (Å²) in [5, 5.41) is 18.7. The van der Waals surface area contributed by atoms with Crippen molar-refractivity contribution < 1.29 is 10.8 Å². The lowest BCUT2D eigenvalue weighted by molar-refractivity contribution is -0.474. The number of allylic oxidation sites excluding steroid dienone is 1. The first-order chi connectivity index (χ1) is 7.83. The summed E-state index contributed by atoms with van der Waals surface area (Å²) in [6.07, 6.45) is 0. The highest BCUT2D eigenvalue weighted by Crippen LogP contribution is 2.13. The maximum atomic E-state index is 8.71. The van der Waals surface area contributed by atoms with Crippen molar-refractivity contribution in [2.24, 2.45) is 9.98 Å². The van der Waals surface area contributed by atoms with E-state index in [2.05, 4.69) is 9.98 Å². The van der Waals surface area contributed by atoms with Gasteiger partial charge in [0.15, 0.2) is 5.71 Å². The number of nitrogens with zero attached hydrogens (tertiary/aromatic N) is 4. The van der Waals surface area contributed by atoms with Gasteiger partial charge in [-0.15, -0.1) is 0 Å². The third kappa shape index (κ3) is 2.06. The molecule has 76 valence electrons. The highest BCUT2D eigenvalue weighted by Gasteiger charge is 2.26. The van der Waals surface area contributed by atoms with Gasteiger partial charge in [-0.1, -0.05) is 18.2 Å². The number of rotatable bonds is 2. The fourth-order valence-corrected chi connectivity index (χ4v) is 1.81. The summed E-state index contributed by atoms with van der Waals surface area (Å²) in [5.74, 6) is 1.83. The van der Waals surface area contributed by atoms with E-state index in [1.165, 1.54) is 0 Å². The van der Waals surface area contributed by atoms with E-state index in [0.717, 1.165) is 5.02 Å². The summed E-state index contributed by atoms with van der Waals surface area (Å²) >= 11 is 0. The summed E-state index contributed by atoms with van der Waals surface area (Å²) in [6, 6.07) is 11.3. The lowest BCUT2D eigenvalue weighted by Crippen LogP contribution is -1.94. The van der Waals surface area contributed by atoms with E-state index < -0.39 is 0 Å². The van der Waals surface area contributed by atoms with Crippen LogP contribution in [0.5, 0.6) is 0 Å². The maximum absolute atomic E-state index is 8.71. The van der Waals surface area contributed by atoms with Gasteiger partial charge in [0.1, 0.15) is 11.8 Å². The highest BCUT2D eigenvalue weighted by molar-refractivity contribution is 6.22. The van der Waals surface area contributed by atoms with Gasteiger partial charge in [-0.3, -0.25) is 0 Å². The van der Waals surface area contributed by atoms with Gasteiger partial charge in [-0.2, -0.15) is 15.2 Å². The fraction of sp³-hybridized carbons (Fsp3) is 0. The molecule has 0 bridgehead atoms. The molecule has 0 atom stereocenters. The first kappa shape index (κ1) is 10.3. The van der Waals surface area contributed by atoms with E-state index in [1.807, 2.05) is 53.1 Å². The van der Waals surface area contributed by atoms with Gasteiger partial charge in [0.05, 0.1) is 0 Å². The van der Waals surface area contributed by atoms with E-state index in [0.29, 0.717) is 5.29 Å². The van der Waals surface area contributed by atoms with Crippen molar-refractivity contribution in [3.63, 3.8) is 0 Å². The summed E-state index contributed by atoms with van der Waals surface area (Å²) in [7, 11) is 1.86. The maximum Gasteiger partial charge on any atom is 0.429 e. The van der Waals surface area contributed by atoms with Gasteiger partial charge in [0, 0.05) is 12.1 Å². The normalized spacial score (nSPS) is 13.8. The van der Waals surface area contributed by atoms with Gasteiger partial charge in [-0.05, 0) is 0 Å². The predicted molar refractivity (Wildman–Crippen MR) is 58.0 cm³/mol. The van der Waals surface area contributed by atoms with Crippen LogP contribution in [0.15, 0.2) is 46.0 Å². The van der Waals surface area contributed by atoms with Gasteiger partial charge >= 0.3 is 5.29 Å². The second kappa shape index (κ2) is 4.54. The van der Waals surface area contributed by atoms with E-state index >= 15 is 0 Å². The van der Waals surface area contributed by atoms with Crippen molar-refractivity contribution in [1.82, 2.24) is 0 Å². The van der Waals surface area contributed by atoms with Gasteiger partial charge in [0.2, 0.25) is 5.02 Å². The average molecular weight is 229 g/mol. The zero-order chi connectivity index (χ0) is 11.4. The molecule has 4 nitrogen and oxygen atoms in total. The van der Waals surface area contributed by atoms with Crippen LogP contribution in [-0.4, -0.2) is 16.9 Å². The minimum Gasteiger partial charge on any atom is -0.761 e. The van der Waals surface area contributed by atoms with Crippen LogP contribution in [0.25, 0.3) is 5.41 Å². The molecule has 1 aliphatic heterocycles. The number of amidine groups is 1. The molecule has 0 aliphatic carbocycles. The standard InChI is InChI=1S/C11H5ClN4/c13-6-9-10(7-14)16-11(15-9)12-8-4-2-1-3-5-8/h1-5H. The molecule has 1 aliphatic rings. The van der Waals surface area contributed by atoms with Crippen molar-refractivity contribution in [2.75, 3.05) is 0 Å². The minimum absolute atomic E-state index is 0.0703. The lowest BCUT2D eigenvalue weighted by Gasteiger charge is -1.82. The van der Waals surface area contributed by atoms with Gasteiger partial charge in [0.25, 0.3) is 10.8 Å². The van der Waals surface area contributed by atoms with Crippen molar-refractivity contribution in [2.45, 2.75) is 0 Å². The fourth-order valence-electron chi connectivity index (χ4n) is 1.09. The Morgan fingerprint density at radius 2 is 1.94 bits per heavy atom. The number of hydrogen-bond acceptors (Lipinski definition) is 3. The van der Waals surface area contributed by atoms with Crippen LogP contribution < -0.4 is 0 Å². The molecule has 0 N–H and O–H groups in total. The lowest BCUT2D eigenvalue weighted by atomic mass is 10.3. The molecule has 0 spiro atoms. The summed E-state index contributed by atoms with van der Waals surface area (Å²) in [6.45, 7) is 0. The Morgan fingerprint density at radius 1 is 1.19 bits per heavy atom. The molecule has 16 heavy (non-hydrogen) atoms. The van der Waals surface area contributed by atoms with Crippen molar-refractivity contribution in [3.05, 3.63) is 46.5 Å². The Morgan fingerprint density at radius 3 is 2.50 bits per heavy atom. The van der Waals surface area contributed by atoms with Crippen molar-refractivity contribution in [1.29, 1.82) is 5.26 Å². The molecule has 0 aromatic heterocycles. The quantitative estimate of drug-likeness (QED) is 0.560. The molecule has 2 rings (SSSR count). The third-order valence-electron chi connectivity index (χ3n) is 1.77. The topological polar surface area (TPSA) is 70.8 Å². The summed E-state index contributed by atoms with van der Waals surface area (Å²) < 4.78 is 0. The molecule has 1 aromatic carbocycles. The Bertz CT molecular complexity index is 559. The van der Waals surface area contributed by atoms with Crippen LogP contribution >= 0.6 is 0 Å². The molecular formula is C11H5ClN4. The molecule has 1 heterocycles. The van der Waals surface area contributed by atoms with E-state index in [9.17, 15) is 0 Å². The predicted octanol–water partition coefficient (Wildman–Crippen LogP) is 1.64. The molecule has 0 unspecified atom stereocenters. The second-order valence-corrected chi connectivity index (χ2v) is 3.77. The monoisotopic (exact) mass is 228 g/mol. The van der Waals surface area contributed by atoms with Crippen molar-refractivity contribution in [3.8, 4) is 6.07 Å². The number of hydrogen-bond donors (Lipinski definition) is 0. The Labute approximate surface area is 95.9 Å². The summed E-state index contributed by atoms with van der Waals surface area (Å²) in [4.78, 5) is 7.88. The minimum atomic E-state index is 0.0703. The van der Waals surface area contributed by atoms with Gasteiger partial charge < -0.3 is 5.41 Å². The zero-order valence-electron chi connectivity index (χ0n) is 8.05. The van der Waals surface area contributed by atoms with Crippen LogP contribution in [0.3, 0.4) is 0 Å². The Balaban J connectivity index is 2.24. The van der Waals surface area contributed by atoms with E-state index in [4.69, 9.17) is 10.7 Å². The molecule has 1 aromatic rings. The molecular weight excluding hydrogens is 224 g/mol. The molecule has 0 saturated carbocycles. The van der Waals surface area contributed by atoms with Crippen LogP contribution in [-0.2, 0) is 0 Å². The molecule has 0 amide bonds. The first-order valence-electron chi connectivity index (χ1n) is 4.38. The van der Waals surface area contributed by atoms with Crippen molar-refractivity contribution >= 4 is 16.9 Å². The smallest absolute Gasteiger partial charge is 0.429 e. The number of aliphatic imine (C=N–C) groups is 2. The zero-order valence-corrected chi connectivity index (χ0v) is 8.81. The molecule has 0 radical (unpaired) electrons. The highest BCUT2D eigenvalue weighted by atomic mass is 35.5. The Hall–Kier alpha value is -2.21. The SMILES string of the molecule is N#CC1=NC([Cl+]c2ccccc2)=NC1=C=[N-]. The van der Waals surface area contributed by atoms with Crippen LogP contribution in [0.4, 0.5) is 0 Å². The number of halogens is 1. The van der Waals surface area contributed by atoms with Crippen LogP contribution in [0.2, 0.25) is 5.02 Å². The third-order valence-corrected chi connectivity index (χ3v) is 2.58. The van der Waals surface area contributed by atoms with Gasteiger partial charge in [-0.25, -0.2) is 5.87 Å². The van der Waals surface area contributed by atoms with Crippen LogP contribution in [0.1, 0.15) is 0 Å². The molecule has 0 saturated heterocycles. The molecule has 5 heteroatoms. The average Bonchev–Trinajstić information content (AvgIpc) is 2.72. The largest absolute Gasteiger partial charge is 0.761 e. The van der Waals surface area contributed by atoms with E-state index in [1.54, 1.807) is 0 Å². The summed E-state index contributed by atoms with van der Waals surface area (Å²) in [5.41, 5.74) is 0.141. The second-order valence-electron chi connectivity index (χ2n) is 2.80. The first-order valence-corrected chi connectivity index (χ1v) is 5.14. The van der Waals surface area contributed by atoms with E-state index in [-0.39, 0.29) is 11.4 Å². The Kier molecular flexibility index (Phi) is 2.93. The van der Waals surface area contributed by atoms with Crippen LogP contribution in [0, 0.1) is 22.1 Å². The molecule has 0 fully saturated rings. The number of benzene rings is 1.